The van der Waals surface area contributed by atoms with Crippen LogP contribution in [0.4, 0.5) is 0 Å². The van der Waals surface area contributed by atoms with Gasteiger partial charge in [-0.1, -0.05) is 13.8 Å². The number of ether oxygens (including phenoxy) is 4. The minimum atomic E-state index is 0.278. The SMILES string of the molecule is CCC(COC)OC.COCC(C)COC. The summed E-state index contributed by atoms with van der Waals surface area (Å²) < 4.78 is 19.6. The molecule has 0 fully saturated rings. The Morgan fingerprint density at radius 3 is 1.44 bits per heavy atom. The van der Waals surface area contributed by atoms with E-state index in [2.05, 4.69) is 13.8 Å². The van der Waals surface area contributed by atoms with Crippen LogP contribution in [0.5, 0.6) is 0 Å². The van der Waals surface area contributed by atoms with Crippen molar-refractivity contribution < 1.29 is 18.9 Å². The van der Waals surface area contributed by atoms with Gasteiger partial charge in [0.1, 0.15) is 0 Å². The minimum absolute atomic E-state index is 0.278. The molecule has 0 radical (unpaired) electrons. The van der Waals surface area contributed by atoms with Crippen LogP contribution in [-0.2, 0) is 18.9 Å². The van der Waals surface area contributed by atoms with Gasteiger partial charge < -0.3 is 18.9 Å². The fourth-order valence-electron chi connectivity index (χ4n) is 1.16. The van der Waals surface area contributed by atoms with Crippen LogP contribution in [0.25, 0.3) is 0 Å². The Bertz CT molecular complexity index is 110. The Balaban J connectivity index is 0. The van der Waals surface area contributed by atoms with Crippen LogP contribution >= 0.6 is 0 Å². The topological polar surface area (TPSA) is 36.9 Å². The van der Waals surface area contributed by atoms with Gasteiger partial charge in [-0.2, -0.15) is 0 Å². The number of hydrogen-bond acceptors (Lipinski definition) is 4. The molecule has 4 heteroatoms. The molecule has 4 nitrogen and oxygen atoms in total. The van der Waals surface area contributed by atoms with E-state index in [0.717, 1.165) is 19.6 Å². The van der Waals surface area contributed by atoms with Gasteiger partial charge in [0, 0.05) is 34.4 Å². The van der Waals surface area contributed by atoms with Gasteiger partial charge in [-0.05, 0) is 6.42 Å². The van der Waals surface area contributed by atoms with Crippen molar-refractivity contribution in [3.63, 3.8) is 0 Å². The van der Waals surface area contributed by atoms with E-state index in [1.54, 1.807) is 28.4 Å². The van der Waals surface area contributed by atoms with Crippen molar-refractivity contribution in [3.05, 3.63) is 0 Å². The maximum atomic E-state index is 5.01. The lowest BCUT2D eigenvalue weighted by Crippen LogP contribution is -2.15. The molecule has 1 unspecified atom stereocenters. The van der Waals surface area contributed by atoms with Crippen LogP contribution in [0.2, 0.25) is 0 Å². The maximum absolute atomic E-state index is 5.01. The first kappa shape index (κ1) is 18.2. The van der Waals surface area contributed by atoms with Crippen molar-refractivity contribution in [2.24, 2.45) is 5.92 Å². The number of hydrogen-bond donors (Lipinski definition) is 0. The van der Waals surface area contributed by atoms with E-state index in [0.29, 0.717) is 12.5 Å². The lowest BCUT2D eigenvalue weighted by Gasteiger charge is -2.09. The third kappa shape index (κ3) is 13.8. The lowest BCUT2D eigenvalue weighted by molar-refractivity contribution is 0.0265. The van der Waals surface area contributed by atoms with Gasteiger partial charge in [-0.25, -0.2) is 0 Å². The minimum Gasteiger partial charge on any atom is -0.384 e. The Morgan fingerprint density at radius 1 is 0.812 bits per heavy atom. The zero-order chi connectivity index (χ0) is 12.8. The number of rotatable bonds is 8. The van der Waals surface area contributed by atoms with E-state index >= 15 is 0 Å². The van der Waals surface area contributed by atoms with Crippen LogP contribution in [0.1, 0.15) is 20.3 Å². The summed E-state index contributed by atoms with van der Waals surface area (Å²) in [7, 11) is 6.78. The largest absolute Gasteiger partial charge is 0.384 e. The van der Waals surface area contributed by atoms with Gasteiger partial charge >= 0.3 is 0 Å². The Labute approximate surface area is 100 Å². The summed E-state index contributed by atoms with van der Waals surface area (Å²) in [6.45, 7) is 6.44. The highest BCUT2D eigenvalue weighted by Gasteiger charge is 2.00. The summed E-state index contributed by atoms with van der Waals surface area (Å²) in [5.74, 6) is 0.519. The molecule has 0 N–H and O–H groups in total. The second kappa shape index (κ2) is 14.8. The van der Waals surface area contributed by atoms with E-state index in [1.807, 2.05) is 0 Å². The van der Waals surface area contributed by atoms with Crippen LogP contribution < -0.4 is 0 Å². The highest BCUT2D eigenvalue weighted by atomic mass is 16.5. The molecule has 0 aromatic carbocycles. The summed E-state index contributed by atoms with van der Waals surface area (Å²) in [6.07, 6.45) is 1.30. The van der Waals surface area contributed by atoms with Crippen molar-refractivity contribution in [1.29, 1.82) is 0 Å². The molecule has 16 heavy (non-hydrogen) atoms. The van der Waals surface area contributed by atoms with E-state index in [-0.39, 0.29) is 6.10 Å². The molecule has 100 valence electrons. The highest BCUT2D eigenvalue weighted by molar-refractivity contribution is 4.49. The quantitative estimate of drug-likeness (QED) is 0.645. The van der Waals surface area contributed by atoms with Gasteiger partial charge in [-0.15, -0.1) is 0 Å². The van der Waals surface area contributed by atoms with Gasteiger partial charge in [-0.3, -0.25) is 0 Å². The Morgan fingerprint density at radius 2 is 1.25 bits per heavy atom. The second-order valence-corrected chi connectivity index (χ2v) is 3.74. The summed E-state index contributed by atoms with van der Waals surface area (Å²) in [4.78, 5) is 0. The molecule has 0 spiro atoms. The summed E-state index contributed by atoms with van der Waals surface area (Å²) in [6, 6.07) is 0. The molecule has 1 atom stereocenters. The predicted molar refractivity (Wildman–Crippen MR) is 65.9 cm³/mol. The van der Waals surface area contributed by atoms with Crippen LogP contribution in [-0.4, -0.2) is 54.4 Å². The summed E-state index contributed by atoms with van der Waals surface area (Å²) in [5, 5.41) is 0. The van der Waals surface area contributed by atoms with Crippen molar-refractivity contribution in [2.45, 2.75) is 26.4 Å². The highest BCUT2D eigenvalue weighted by Crippen LogP contribution is 1.94. The Kier molecular flexibility index (Phi) is 16.9. The molecular formula is C12H28O4. The predicted octanol–water partition coefficient (Wildman–Crippen LogP) is 1.97. The van der Waals surface area contributed by atoms with Crippen molar-refractivity contribution in [1.82, 2.24) is 0 Å². The first-order chi connectivity index (χ1) is 7.65. The first-order valence-electron chi connectivity index (χ1n) is 5.65. The maximum Gasteiger partial charge on any atom is 0.0801 e. The third-order valence-electron chi connectivity index (χ3n) is 2.04. The molecule has 0 aliphatic carbocycles. The first-order valence-corrected chi connectivity index (χ1v) is 5.65. The average molecular weight is 236 g/mol. The summed E-state index contributed by atoms with van der Waals surface area (Å²) >= 11 is 0. The van der Waals surface area contributed by atoms with Crippen LogP contribution in [0.15, 0.2) is 0 Å². The van der Waals surface area contributed by atoms with Crippen molar-refractivity contribution in [2.75, 3.05) is 48.3 Å². The van der Waals surface area contributed by atoms with Crippen molar-refractivity contribution >= 4 is 0 Å². The van der Waals surface area contributed by atoms with Crippen molar-refractivity contribution in [3.8, 4) is 0 Å². The molecule has 0 rings (SSSR count). The van der Waals surface area contributed by atoms with Crippen LogP contribution in [0, 0.1) is 5.92 Å². The van der Waals surface area contributed by atoms with Gasteiger partial charge in [0.2, 0.25) is 0 Å². The van der Waals surface area contributed by atoms with Gasteiger partial charge in [0.05, 0.1) is 25.9 Å². The molecule has 0 amide bonds. The molecule has 0 heterocycles. The average Bonchev–Trinajstić information content (AvgIpc) is 2.27. The molecule has 0 saturated heterocycles. The van der Waals surface area contributed by atoms with Gasteiger partial charge in [0.15, 0.2) is 0 Å². The zero-order valence-corrected chi connectivity index (χ0v) is 11.6. The Hall–Kier alpha value is -0.160. The molecule has 0 aliphatic heterocycles. The smallest absolute Gasteiger partial charge is 0.0801 e. The molecule has 0 bridgehead atoms. The normalized spacial score (nSPS) is 12.2. The lowest BCUT2D eigenvalue weighted by atomic mass is 10.2. The monoisotopic (exact) mass is 236 g/mol. The molecular weight excluding hydrogens is 208 g/mol. The van der Waals surface area contributed by atoms with E-state index < -0.39 is 0 Å². The van der Waals surface area contributed by atoms with Gasteiger partial charge in [0.25, 0.3) is 0 Å². The molecule has 0 saturated carbocycles. The molecule has 0 aromatic rings. The fourth-order valence-corrected chi connectivity index (χ4v) is 1.16. The van der Waals surface area contributed by atoms with E-state index in [9.17, 15) is 0 Å². The number of methoxy groups -OCH3 is 4. The fraction of sp³-hybridized carbons (Fsp3) is 1.00. The zero-order valence-electron chi connectivity index (χ0n) is 11.6. The molecule has 0 aromatic heterocycles. The standard InChI is InChI=1S/2C6H14O2/c1-6(4-7-2)5-8-3;1-4-6(8-3)5-7-2/h2*6H,4-5H2,1-3H3. The van der Waals surface area contributed by atoms with E-state index in [4.69, 9.17) is 18.9 Å². The third-order valence-corrected chi connectivity index (χ3v) is 2.04. The molecule has 0 aliphatic rings. The van der Waals surface area contributed by atoms with E-state index in [1.165, 1.54) is 0 Å². The summed E-state index contributed by atoms with van der Waals surface area (Å²) in [5.41, 5.74) is 0. The van der Waals surface area contributed by atoms with Crippen LogP contribution in [0.3, 0.4) is 0 Å². The second-order valence-electron chi connectivity index (χ2n) is 3.74.